The molecule has 88 valence electrons. The van der Waals surface area contributed by atoms with Crippen molar-refractivity contribution in [3.63, 3.8) is 0 Å². The summed E-state index contributed by atoms with van der Waals surface area (Å²) < 4.78 is 0. The summed E-state index contributed by atoms with van der Waals surface area (Å²) in [6, 6.07) is 9.08. The Hall–Kier alpha value is -0.820. The molecule has 1 aromatic carbocycles. The number of hydrogen-bond donors (Lipinski definition) is 0. The van der Waals surface area contributed by atoms with Crippen LogP contribution in [0.15, 0.2) is 24.3 Å². The molecule has 0 bridgehead atoms. The van der Waals surface area contributed by atoms with Gasteiger partial charge in [0.15, 0.2) is 0 Å². The van der Waals surface area contributed by atoms with E-state index in [-0.39, 0.29) is 0 Å². The van der Waals surface area contributed by atoms with Gasteiger partial charge in [-0.2, -0.15) is 0 Å². The van der Waals surface area contributed by atoms with Crippen LogP contribution in [0.1, 0.15) is 36.8 Å². The Balaban J connectivity index is 2.01. The highest BCUT2D eigenvalue weighted by atomic mass is 15.1. The van der Waals surface area contributed by atoms with Crippen LogP contribution in [0.5, 0.6) is 0 Å². The zero-order valence-corrected chi connectivity index (χ0v) is 10.7. The normalized spacial score (nSPS) is 20.9. The first-order valence-corrected chi connectivity index (χ1v) is 6.42. The smallest absolute Gasteiger partial charge is 0.00189 e. The number of benzene rings is 1. The first-order valence-electron chi connectivity index (χ1n) is 6.42. The van der Waals surface area contributed by atoms with Gasteiger partial charge in [-0.05, 0) is 57.3 Å². The standard InChI is InChI=1S/C15H23N/c1-12-4-6-14(7-5-12)13(2)15-8-10-16(3)11-9-15/h4-7,13,15H,8-11H2,1-3H3. The summed E-state index contributed by atoms with van der Waals surface area (Å²) in [7, 11) is 2.23. The van der Waals surface area contributed by atoms with Gasteiger partial charge in [0, 0.05) is 0 Å². The number of rotatable bonds is 2. The van der Waals surface area contributed by atoms with Crippen molar-refractivity contribution >= 4 is 0 Å². The van der Waals surface area contributed by atoms with Gasteiger partial charge >= 0.3 is 0 Å². The minimum Gasteiger partial charge on any atom is -0.306 e. The van der Waals surface area contributed by atoms with E-state index in [0.29, 0.717) is 5.92 Å². The molecule has 1 saturated heterocycles. The third kappa shape index (κ3) is 2.65. The fraction of sp³-hybridized carbons (Fsp3) is 0.600. The van der Waals surface area contributed by atoms with Gasteiger partial charge < -0.3 is 4.90 Å². The fourth-order valence-corrected chi connectivity index (χ4v) is 2.67. The summed E-state index contributed by atoms with van der Waals surface area (Å²) in [6.45, 7) is 7.08. The molecule has 2 rings (SSSR count). The number of nitrogens with zero attached hydrogens (tertiary/aromatic N) is 1. The first-order chi connectivity index (χ1) is 7.66. The molecule has 1 aliphatic heterocycles. The summed E-state index contributed by atoms with van der Waals surface area (Å²) in [5, 5.41) is 0. The molecule has 1 heteroatoms. The first kappa shape index (κ1) is 11.7. The molecule has 0 aromatic heterocycles. The second-order valence-electron chi connectivity index (χ2n) is 5.34. The Morgan fingerprint density at radius 1 is 1.12 bits per heavy atom. The molecule has 1 unspecified atom stereocenters. The lowest BCUT2D eigenvalue weighted by Gasteiger charge is -2.33. The lowest BCUT2D eigenvalue weighted by Crippen LogP contribution is -2.32. The van der Waals surface area contributed by atoms with Crippen LogP contribution in [-0.4, -0.2) is 25.0 Å². The summed E-state index contributed by atoms with van der Waals surface area (Å²) in [4.78, 5) is 2.44. The van der Waals surface area contributed by atoms with E-state index in [1.165, 1.54) is 37.1 Å². The van der Waals surface area contributed by atoms with E-state index in [4.69, 9.17) is 0 Å². The highest BCUT2D eigenvalue weighted by Crippen LogP contribution is 2.31. The van der Waals surface area contributed by atoms with Crippen molar-refractivity contribution in [2.45, 2.75) is 32.6 Å². The van der Waals surface area contributed by atoms with Crippen molar-refractivity contribution < 1.29 is 0 Å². The van der Waals surface area contributed by atoms with Crippen molar-refractivity contribution in [1.29, 1.82) is 0 Å². The maximum absolute atomic E-state index is 2.44. The van der Waals surface area contributed by atoms with Crippen LogP contribution in [0, 0.1) is 12.8 Å². The second kappa shape index (κ2) is 5.01. The monoisotopic (exact) mass is 217 g/mol. The molecule has 0 amide bonds. The minimum absolute atomic E-state index is 0.717. The van der Waals surface area contributed by atoms with Crippen molar-refractivity contribution in [3.8, 4) is 0 Å². The molecular weight excluding hydrogens is 194 g/mol. The Kier molecular flexibility index (Phi) is 3.65. The van der Waals surface area contributed by atoms with E-state index in [2.05, 4.69) is 50.1 Å². The Morgan fingerprint density at radius 2 is 1.69 bits per heavy atom. The van der Waals surface area contributed by atoms with Crippen LogP contribution in [0.25, 0.3) is 0 Å². The van der Waals surface area contributed by atoms with Gasteiger partial charge in [0.2, 0.25) is 0 Å². The van der Waals surface area contributed by atoms with Crippen LogP contribution in [0.3, 0.4) is 0 Å². The van der Waals surface area contributed by atoms with E-state index in [9.17, 15) is 0 Å². The van der Waals surface area contributed by atoms with Crippen LogP contribution in [0.2, 0.25) is 0 Å². The molecule has 0 N–H and O–H groups in total. The second-order valence-corrected chi connectivity index (χ2v) is 5.34. The highest BCUT2D eigenvalue weighted by molar-refractivity contribution is 5.24. The Labute approximate surface area is 99.5 Å². The van der Waals surface area contributed by atoms with Crippen LogP contribution >= 0.6 is 0 Å². The summed E-state index contributed by atoms with van der Waals surface area (Å²) in [5.74, 6) is 1.59. The Morgan fingerprint density at radius 3 is 2.25 bits per heavy atom. The van der Waals surface area contributed by atoms with E-state index < -0.39 is 0 Å². The largest absolute Gasteiger partial charge is 0.306 e. The molecule has 0 radical (unpaired) electrons. The van der Waals surface area contributed by atoms with E-state index in [1.807, 2.05) is 0 Å². The lowest BCUT2D eigenvalue weighted by molar-refractivity contribution is 0.202. The van der Waals surface area contributed by atoms with Crippen molar-refractivity contribution in [2.75, 3.05) is 20.1 Å². The molecule has 0 saturated carbocycles. The number of piperidine rings is 1. The van der Waals surface area contributed by atoms with Gasteiger partial charge in [0.25, 0.3) is 0 Å². The van der Waals surface area contributed by atoms with Crippen LogP contribution in [0.4, 0.5) is 0 Å². The predicted molar refractivity (Wildman–Crippen MR) is 69.8 cm³/mol. The molecule has 1 fully saturated rings. The Bertz CT molecular complexity index is 320. The topological polar surface area (TPSA) is 3.24 Å². The average Bonchev–Trinajstić information content (AvgIpc) is 2.30. The molecule has 1 aromatic rings. The SMILES string of the molecule is Cc1ccc(C(C)C2CCN(C)CC2)cc1. The van der Waals surface area contributed by atoms with Gasteiger partial charge in [-0.1, -0.05) is 36.8 Å². The maximum atomic E-state index is 2.44. The molecule has 1 heterocycles. The molecule has 1 aliphatic rings. The van der Waals surface area contributed by atoms with E-state index in [0.717, 1.165) is 5.92 Å². The number of hydrogen-bond acceptors (Lipinski definition) is 1. The van der Waals surface area contributed by atoms with Gasteiger partial charge in [-0.3, -0.25) is 0 Å². The fourth-order valence-electron chi connectivity index (χ4n) is 2.67. The third-order valence-electron chi connectivity index (χ3n) is 4.07. The van der Waals surface area contributed by atoms with Crippen molar-refractivity contribution in [1.82, 2.24) is 4.90 Å². The summed E-state index contributed by atoms with van der Waals surface area (Å²) in [6.07, 6.45) is 2.71. The van der Waals surface area contributed by atoms with E-state index >= 15 is 0 Å². The third-order valence-corrected chi connectivity index (χ3v) is 4.07. The average molecular weight is 217 g/mol. The van der Waals surface area contributed by atoms with Crippen molar-refractivity contribution in [3.05, 3.63) is 35.4 Å². The zero-order valence-electron chi connectivity index (χ0n) is 10.7. The summed E-state index contributed by atoms with van der Waals surface area (Å²) >= 11 is 0. The molecule has 1 atom stereocenters. The quantitative estimate of drug-likeness (QED) is 0.733. The predicted octanol–water partition coefficient (Wildman–Crippen LogP) is 3.44. The van der Waals surface area contributed by atoms with Crippen molar-refractivity contribution in [2.24, 2.45) is 5.92 Å². The van der Waals surface area contributed by atoms with Crippen LogP contribution in [-0.2, 0) is 0 Å². The number of aryl methyl sites for hydroxylation is 1. The highest BCUT2D eigenvalue weighted by Gasteiger charge is 2.22. The van der Waals surface area contributed by atoms with Gasteiger partial charge in [0.1, 0.15) is 0 Å². The summed E-state index contributed by atoms with van der Waals surface area (Å²) in [5.41, 5.74) is 2.87. The van der Waals surface area contributed by atoms with Gasteiger partial charge in [-0.25, -0.2) is 0 Å². The maximum Gasteiger partial charge on any atom is -0.00189 e. The van der Waals surface area contributed by atoms with Crippen LogP contribution < -0.4 is 0 Å². The zero-order chi connectivity index (χ0) is 11.5. The number of likely N-dealkylation sites (tertiary alicyclic amines) is 1. The molecule has 0 spiro atoms. The molecular formula is C15H23N. The van der Waals surface area contributed by atoms with Gasteiger partial charge in [0.05, 0.1) is 0 Å². The van der Waals surface area contributed by atoms with E-state index in [1.54, 1.807) is 0 Å². The minimum atomic E-state index is 0.717. The molecule has 1 nitrogen and oxygen atoms in total. The lowest BCUT2D eigenvalue weighted by atomic mass is 9.81. The van der Waals surface area contributed by atoms with Gasteiger partial charge in [-0.15, -0.1) is 0 Å². The molecule has 0 aliphatic carbocycles. The molecule has 16 heavy (non-hydrogen) atoms.